The number of benzene rings is 8. The summed E-state index contributed by atoms with van der Waals surface area (Å²) in [4.78, 5) is 0. The largest absolute Gasteiger partial charge is 0.456 e. The molecule has 1 N–H and O–H groups in total. The standard InChI is InChI=1S/C58H44BN2O2S/c1-57(2,3)34-16-19-36(20-17-34)60-46-30-52-43(37-21-18-35(58(4,5)6)26-51(37)63-52)27-41(46)39-22-23-40-42-28-44-38-14-10-11-15-53(38)64-54(44)31-47(42)61-48-24-33-25-49(32-12-8-7-9-13-32)62-50(33)29-45(48)59-55(39)56(40)61/h7-31,60H,1-6H3. The Hall–Kier alpha value is -7.02. The molecule has 5 heterocycles. The molecule has 0 saturated heterocycles. The lowest BCUT2D eigenvalue weighted by atomic mass is 9.59. The Morgan fingerprint density at radius 1 is 0.531 bits per heavy atom. The van der Waals surface area contributed by atoms with Crippen molar-refractivity contribution in [2.75, 3.05) is 5.32 Å². The fraction of sp³-hybridized carbons (Fsp3) is 0.138. The molecule has 12 aromatic rings. The molecule has 0 unspecified atom stereocenters. The van der Waals surface area contributed by atoms with Gasteiger partial charge < -0.3 is 18.7 Å². The number of anilines is 2. The third-order valence-corrected chi connectivity index (χ3v) is 14.7. The maximum atomic E-state index is 6.74. The van der Waals surface area contributed by atoms with Gasteiger partial charge in [-0.05, 0) is 93.6 Å². The van der Waals surface area contributed by atoms with Crippen molar-refractivity contribution in [2.45, 2.75) is 52.4 Å². The van der Waals surface area contributed by atoms with Crippen molar-refractivity contribution in [3.05, 3.63) is 163 Å². The molecular weight excluding hydrogens is 800 g/mol. The molecule has 1 aliphatic heterocycles. The lowest BCUT2D eigenvalue weighted by Crippen LogP contribution is -2.37. The zero-order chi connectivity index (χ0) is 43.2. The summed E-state index contributed by atoms with van der Waals surface area (Å²) in [7, 11) is 2.39. The molecule has 13 rings (SSSR count). The summed E-state index contributed by atoms with van der Waals surface area (Å²) < 4.78 is 18.5. The molecule has 1 radical (unpaired) electrons. The Kier molecular flexibility index (Phi) is 7.78. The lowest BCUT2D eigenvalue weighted by Gasteiger charge is -2.24. The number of furan rings is 2. The normalized spacial score (nSPS) is 13.0. The quantitative estimate of drug-likeness (QED) is 0.180. The zero-order valence-electron chi connectivity index (χ0n) is 36.7. The highest BCUT2D eigenvalue weighted by atomic mass is 32.1. The molecule has 64 heavy (non-hydrogen) atoms. The molecule has 8 aromatic carbocycles. The van der Waals surface area contributed by atoms with Crippen LogP contribution in [0.3, 0.4) is 0 Å². The predicted molar refractivity (Wildman–Crippen MR) is 274 cm³/mol. The molecular formula is C58H44BN2O2S. The first-order valence-corrected chi connectivity index (χ1v) is 23.0. The molecule has 1 aliphatic rings. The predicted octanol–water partition coefficient (Wildman–Crippen LogP) is 15.4. The minimum absolute atomic E-state index is 0.000526. The lowest BCUT2D eigenvalue weighted by molar-refractivity contribution is 0.587. The van der Waals surface area contributed by atoms with E-state index < -0.39 is 0 Å². The van der Waals surface area contributed by atoms with E-state index in [2.05, 4.69) is 204 Å². The van der Waals surface area contributed by atoms with E-state index in [1.807, 2.05) is 17.4 Å². The van der Waals surface area contributed by atoms with Gasteiger partial charge in [-0.15, -0.1) is 11.3 Å². The van der Waals surface area contributed by atoms with E-state index in [9.17, 15) is 0 Å². The minimum Gasteiger partial charge on any atom is -0.456 e. The average Bonchev–Trinajstić information content (AvgIpc) is 4.05. The van der Waals surface area contributed by atoms with Crippen LogP contribution in [0.1, 0.15) is 52.7 Å². The number of hydrogen-bond acceptors (Lipinski definition) is 4. The second-order valence-electron chi connectivity index (χ2n) is 19.7. The van der Waals surface area contributed by atoms with Gasteiger partial charge in [-0.1, -0.05) is 132 Å². The first kappa shape index (κ1) is 37.5. The van der Waals surface area contributed by atoms with Gasteiger partial charge in [-0.2, -0.15) is 0 Å². The Labute approximate surface area is 376 Å². The van der Waals surface area contributed by atoms with Crippen LogP contribution in [0.25, 0.3) is 103 Å². The van der Waals surface area contributed by atoms with Gasteiger partial charge in [0, 0.05) is 81.2 Å². The van der Waals surface area contributed by atoms with Crippen molar-refractivity contribution in [1.29, 1.82) is 0 Å². The van der Waals surface area contributed by atoms with E-state index in [1.54, 1.807) is 0 Å². The SMILES string of the molecule is CC(C)(C)c1ccc(Nc2cc3oc4cc(C(C)(C)C)ccc4c3cc2-c2ccc3c4cc5c(cc4n4c3c2[B]c2cc3oc(-c6ccccc6)cc3cc2-4)sc2ccccc25)cc1. The second-order valence-corrected chi connectivity index (χ2v) is 20.8. The first-order valence-electron chi connectivity index (χ1n) is 22.2. The average molecular weight is 844 g/mol. The fourth-order valence-corrected chi connectivity index (χ4v) is 11.2. The molecule has 0 saturated carbocycles. The molecule has 6 heteroatoms. The third kappa shape index (κ3) is 5.68. The number of fused-ring (bicyclic) bond motifs is 12. The molecule has 0 aliphatic carbocycles. The second kappa shape index (κ2) is 13.3. The number of thiophene rings is 1. The van der Waals surface area contributed by atoms with Crippen LogP contribution in [0, 0.1) is 0 Å². The van der Waals surface area contributed by atoms with Crippen LogP contribution in [0.5, 0.6) is 0 Å². The Morgan fingerprint density at radius 3 is 2.09 bits per heavy atom. The number of rotatable bonds is 4. The maximum absolute atomic E-state index is 6.74. The van der Waals surface area contributed by atoms with Crippen molar-refractivity contribution in [3.63, 3.8) is 0 Å². The van der Waals surface area contributed by atoms with Crippen LogP contribution in [-0.4, -0.2) is 11.8 Å². The summed E-state index contributed by atoms with van der Waals surface area (Å²) >= 11 is 1.87. The zero-order valence-corrected chi connectivity index (χ0v) is 37.5. The highest BCUT2D eigenvalue weighted by Crippen LogP contribution is 2.45. The molecule has 0 spiro atoms. The number of hydrogen-bond donors (Lipinski definition) is 1. The van der Waals surface area contributed by atoms with Crippen LogP contribution in [0.4, 0.5) is 11.4 Å². The van der Waals surface area contributed by atoms with E-state index in [0.29, 0.717) is 0 Å². The van der Waals surface area contributed by atoms with Crippen LogP contribution >= 0.6 is 11.3 Å². The maximum Gasteiger partial charge on any atom is 0.198 e. The number of nitrogens with zero attached hydrogens (tertiary/aromatic N) is 1. The Balaban J connectivity index is 1.08. The fourth-order valence-electron chi connectivity index (χ4n) is 10.1. The van der Waals surface area contributed by atoms with Crippen molar-refractivity contribution < 1.29 is 8.83 Å². The van der Waals surface area contributed by atoms with Crippen molar-refractivity contribution >= 4 is 116 Å². The molecule has 307 valence electrons. The molecule has 0 atom stereocenters. The summed E-state index contributed by atoms with van der Waals surface area (Å²) in [6.07, 6.45) is 0. The van der Waals surface area contributed by atoms with Crippen molar-refractivity contribution in [1.82, 2.24) is 4.57 Å². The van der Waals surface area contributed by atoms with E-state index in [-0.39, 0.29) is 10.8 Å². The van der Waals surface area contributed by atoms with E-state index in [1.165, 1.54) is 58.6 Å². The molecule has 4 aromatic heterocycles. The Morgan fingerprint density at radius 2 is 1.28 bits per heavy atom. The highest BCUT2D eigenvalue weighted by molar-refractivity contribution is 7.25. The van der Waals surface area contributed by atoms with Gasteiger partial charge in [0.25, 0.3) is 0 Å². The summed E-state index contributed by atoms with van der Waals surface area (Å²) in [6, 6.07) is 55.6. The molecule has 4 nitrogen and oxygen atoms in total. The van der Waals surface area contributed by atoms with Gasteiger partial charge in [-0.25, -0.2) is 0 Å². The Bertz CT molecular complexity index is 3910. The first-order chi connectivity index (χ1) is 30.9. The van der Waals surface area contributed by atoms with Crippen LogP contribution < -0.4 is 16.2 Å². The number of aromatic nitrogens is 1. The molecule has 0 bridgehead atoms. The van der Waals surface area contributed by atoms with Gasteiger partial charge in [-0.3, -0.25) is 0 Å². The highest BCUT2D eigenvalue weighted by Gasteiger charge is 2.29. The number of nitrogens with one attached hydrogen (secondary N) is 1. The van der Waals surface area contributed by atoms with E-state index in [4.69, 9.17) is 8.83 Å². The molecule has 0 fully saturated rings. The van der Waals surface area contributed by atoms with Crippen molar-refractivity contribution in [3.8, 4) is 28.1 Å². The van der Waals surface area contributed by atoms with Gasteiger partial charge in [0.15, 0.2) is 7.28 Å². The van der Waals surface area contributed by atoms with Gasteiger partial charge in [0.2, 0.25) is 0 Å². The smallest absolute Gasteiger partial charge is 0.198 e. The summed E-state index contributed by atoms with van der Waals surface area (Å²) in [5.74, 6) is 0.868. The van der Waals surface area contributed by atoms with E-state index >= 15 is 0 Å². The topological polar surface area (TPSA) is 43.2 Å². The molecule has 0 amide bonds. The van der Waals surface area contributed by atoms with E-state index in [0.717, 1.165) is 77.9 Å². The van der Waals surface area contributed by atoms with Crippen LogP contribution in [0.15, 0.2) is 160 Å². The van der Waals surface area contributed by atoms with Crippen LogP contribution in [-0.2, 0) is 10.8 Å². The van der Waals surface area contributed by atoms with Crippen LogP contribution in [0.2, 0.25) is 0 Å². The van der Waals surface area contributed by atoms with Gasteiger partial charge >= 0.3 is 0 Å². The third-order valence-electron chi connectivity index (χ3n) is 13.5. The summed E-state index contributed by atoms with van der Waals surface area (Å²) in [6.45, 7) is 13.5. The summed E-state index contributed by atoms with van der Waals surface area (Å²) in [5.41, 5.74) is 16.4. The monoisotopic (exact) mass is 843 g/mol. The van der Waals surface area contributed by atoms with Gasteiger partial charge in [0.05, 0.1) is 11.2 Å². The minimum atomic E-state index is -0.000526. The van der Waals surface area contributed by atoms with Gasteiger partial charge in [0.1, 0.15) is 22.5 Å². The summed E-state index contributed by atoms with van der Waals surface area (Å²) in [5, 5.41) is 12.3. The van der Waals surface area contributed by atoms with Crippen molar-refractivity contribution in [2.24, 2.45) is 0 Å².